The molecule has 5 nitrogen and oxygen atoms in total. The monoisotopic (exact) mass is 308 g/mol. The fourth-order valence-electron chi connectivity index (χ4n) is 1.93. The molecule has 1 rings (SSSR count). The molecule has 5 heteroatoms. The van der Waals surface area contributed by atoms with Crippen LogP contribution in [0.15, 0.2) is 18.2 Å². The van der Waals surface area contributed by atoms with Gasteiger partial charge in [0.2, 0.25) is 0 Å². The number of benzene rings is 1. The molecule has 0 aliphatic heterocycles. The largest absolute Gasteiger partial charge is 0.497 e. The minimum Gasteiger partial charge on any atom is -0.497 e. The third kappa shape index (κ3) is 5.93. The van der Waals surface area contributed by atoms with Gasteiger partial charge in [0, 0.05) is 11.6 Å². The van der Waals surface area contributed by atoms with E-state index in [4.69, 9.17) is 9.47 Å². The third-order valence-corrected chi connectivity index (χ3v) is 3.26. The molecule has 1 aromatic rings. The van der Waals surface area contributed by atoms with Crippen molar-refractivity contribution in [1.29, 1.82) is 0 Å². The van der Waals surface area contributed by atoms with Gasteiger partial charge in [0.25, 0.3) is 0 Å². The second-order valence-corrected chi connectivity index (χ2v) is 6.96. The smallest absolute Gasteiger partial charge is 0.412 e. The Labute approximate surface area is 133 Å². The fourth-order valence-corrected chi connectivity index (χ4v) is 1.93. The summed E-state index contributed by atoms with van der Waals surface area (Å²) in [6.07, 6.45) is 0.294. The Kier molecular flexibility index (Phi) is 5.83. The summed E-state index contributed by atoms with van der Waals surface area (Å²) >= 11 is 0. The minimum absolute atomic E-state index is 0.0844. The van der Waals surface area contributed by atoms with Gasteiger partial charge in [0.1, 0.15) is 11.4 Å². The number of likely N-dealkylation sites (N-methyl/N-ethyl adjacent to an activating group) is 1. The van der Waals surface area contributed by atoms with Gasteiger partial charge < -0.3 is 14.8 Å². The standard InChI is InChI=1S/C17H28N2O3/c1-16(2,3)22-15(20)19-14-10-13(21-7)9-8-12(14)11-17(4,5)18-6/h8-10,18H,11H2,1-7H3,(H,19,20). The second kappa shape index (κ2) is 7.01. The van der Waals surface area contributed by atoms with Crippen LogP contribution in [0.25, 0.3) is 0 Å². The summed E-state index contributed by atoms with van der Waals surface area (Å²) in [4.78, 5) is 12.0. The Morgan fingerprint density at radius 3 is 2.32 bits per heavy atom. The number of methoxy groups -OCH3 is 1. The summed E-state index contributed by atoms with van der Waals surface area (Å²) < 4.78 is 10.6. The number of carbonyl (C=O) groups excluding carboxylic acids is 1. The normalized spacial score (nSPS) is 12.0. The molecule has 0 heterocycles. The highest BCUT2D eigenvalue weighted by atomic mass is 16.6. The number of anilines is 1. The molecule has 0 saturated carbocycles. The first-order valence-electron chi connectivity index (χ1n) is 7.42. The summed E-state index contributed by atoms with van der Waals surface area (Å²) in [6.45, 7) is 9.72. The van der Waals surface area contributed by atoms with Gasteiger partial charge in [-0.05, 0) is 59.7 Å². The molecule has 0 spiro atoms. The molecule has 0 aliphatic rings. The quantitative estimate of drug-likeness (QED) is 0.873. The summed E-state index contributed by atoms with van der Waals surface area (Å²) in [5, 5.41) is 6.08. The maximum absolute atomic E-state index is 12.0. The molecular weight excluding hydrogens is 280 g/mol. The van der Waals surface area contributed by atoms with Crippen molar-refractivity contribution < 1.29 is 14.3 Å². The lowest BCUT2D eigenvalue weighted by atomic mass is 9.94. The Morgan fingerprint density at radius 1 is 1.18 bits per heavy atom. The number of nitrogens with one attached hydrogen (secondary N) is 2. The van der Waals surface area contributed by atoms with E-state index in [0.29, 0.717) is 11.4 Å². The van der Waals surface area contributed by atoms with Crippen LogP contribution in [0.1, 0.15) is 40.2 Å². The van der Waals surface area contributed by atoms with E-state index in [9.17, 15) is 4.79 Å². The predicted molar refractivity (Wildman–Crippen MR) is 89.7 cm³/mol. The molecule has 0 aromatic heterocycles. The van der Waals surface area contributed by atoms with Gasteiger partial charge >= 0.3 is 6.09 Å². The molecule has 1 amide bonds. The highest BCUT2D eigenvalue weighted by Crippen LogP contribution is 2.26. The van der Waals surface area contributed by atoms with Crippen molar-refractivity contribution in [2.45, 2.75) is 52.2 Å². The Bertz CT molecular complexity index is 519. The first-order valence-corrected chi connectivity index (χ1v) is 7.42. The predicted octanol–water partition coefficient (Wildman–Crippen LogP) is 3.58. The molecule has 124 valence electrons. The second-order valence-electron chi connectivity index (χ2n) is 6.96. The molecule has 1 aromatic carbocycles. The molecule has 0 unspecified atom stereocenters. The highest BCUT2D eigenvalue weighted by molar-refractivity contribution is 5.86. The fraction of sp³-hybridized carbons (Fsp3) is 0.588. The first-order chi connectivity index (χ1) is 10.1. The van der Waals surface area contributed by atoms with Crippen LogP contribution in [-0.4, -0.2) is 31.4 Å². The van der Waals surface area contributed by atoms with Crippen LogP contribution < -0.4 is 15.4 Å². The van der Waals surface area contributed by atoms with E-state index in [0.717, 1.165) is 12.0 Å². The van der Waals surface area contributed by atoms with Crippen LogP contribution in [-0.2, 0) is 11.2 Å². The molecular formula is C17H28N2O3. The van der Waals surface area contributed by atoms with Crippen molar-refractivity contribution in [3.8, 4) is 5.75 Å². The Morgan fingerprint density at radius 2 is 1.82 bits per heavy atom. The lowest BCUT2D eigenvalue weighted by molar-refractivity contribution is 0.0635. The van der Waals surface area contributed by atoms with Crippen molar-refractivity contribution in [1.82, 2.24) is 5.32 Å². The van der Waals surface area contributed by atoms with E-state index in [1.807, 2.05) is 46.0 Å². The van der Waals surface area contributed by atoms with Gasteiger partial charge in [0.15, 0.2) is 0 Å². The van der Waals surface area contributed by atoms with Crippen LogP contribution in [0.4, 0.5) is 10.5 Å². The van der Waals surface area contributed by atoms with Crippen molar-refractivity contribution in [2.24, 2.45) is 0 Å². The molecule has 0 fully saturated rings. The van der Waals surface area contributed by atoms with Gasteiger partial charge in [-0.25, -0.2) is 4.79 Å². The summed E-state index contributed by atoms with van der Waals surface area (Å²) in [6, 6.07) is 5.66. The lowest BCUT2D eigenvalue weighted by Gasteiger charge is -2.26. The van der Waals surface area contributed by atoms with Crippen LogP contribution in [0.2, 0.25) is 0 Å². The van der Waals surface area contributed by atoms with E-state index < -0.39 is 11.7 Å². The van der Waals surface area contributed by atoms with Crippen molar-refractivity contribution in [3.05, 3.63) is 23.8 Å². The van der Waals surface area contributed by atoms with Gasteiger partial charge in [0.05, 0.1) is 12.8 Å². The van der Waals surface area contributed by atoms with E-state index in [2.05, 4.69) is 24.5 Å². The number of hydrogen-bond acceptors (Lipinski definition) is 4. The molecule has 0 atom stereocenters. The zero-order valence-corrected chi connectivity index (χ0v) is 14.7. The van der Waals surface area contributed by atoms with E-state index in [-0.39, 0.29) is 5.54 Å². The van der Waals surface area contributed by atoms with E-state index in [1.165, 1.54) is 0 Å². The van der Waals surface area contributed by atoms with Gasteiger partial charge in [-0.3, -0.25) is 5.32 Å². The zero-order chi connectivity index (χ0) is 17.0. The van der Waals surface area contributed by atoms with Gasteiger partial charge in [-0.2, -0.15) is 0 Å². The molecule has 2 N–H and O–H groups in total. The lowest BCUT2D eigenvalue weighted by Crippen LogP contribution is -2.38. The number of amides is 1. The maximum Gasteiger partial charge on any atom is 0.412 e. The van der Waals surface area contributed by atoms with Crippen LogP contribution in [0.5, 0.6) is 5.75 Å². The summed E-state index contributed by atoms with van der Waals surface area (Å²) in [7, 11) is 3.52. The average Bonchev–Trinajstić information content (AvgIpc) is 2.38. The number of ether oxygens (including phenoxy) is 2. The molecule has 0 bridgehead atoms. The van der Waals surface area contributed by atoms with E-state index in [1.54, 1.807) is 7.11 Å². The minimum atomic E-state index is -0.534. The summed E-state index contributed by atoms with van der Waals surface area (Å²) in [5.74, 6) is 0.692. The third-order valence-electron chi connectivity index (χ3n) is 3.26. The van der Waals surface area contributed by atoms with Crippen LogP contribution >= 0.6 is 0 Å². The average molecular weight is 308 g/mol. The molecule has 0 saturated heterocycles. The van der Waals surface area contributed by atoms with E-state index >= 15 is 0 Å². The number of hydrogen-bond donors (Lipinski definition) is 2. The Hall–Kier alpha value is -1.75. The number of carbonyl (C=O) groups is 1. The van der Waals surface area contributed by atoms with Crippen LogP contribution in [0.3, 0.4) is 0 Å². The molecule has 0 radical (unpaired) electrons. The van der Waals surface area contributed by atoms with Crippen molar-refractivity contribution in [2.75, 3.05) is 19.5 Å². The molecule has 0 aliphatic carbocycles. The maximum atomic E-state index is 12.0. The Balaban J connectivity index is 3.01. The molecule has 22 heavy (non-hydrogen) atoms. The van der Waals surface area contributed by atoms with Gasteiger partial charge in [-0.1, -0.05) is 6.07 Å². The first kappa shape index (κ1) is 18.3. The summed E-state index contributed by atoms with van der Waals surface area (Å²) in [5.41, 5.74) is 1.11. The zero-order valence-electron chi connectivity index (χ0n) is 14.7. The van der Waals surface area contributed by atoms with Gasteiger partial charge in [-0.15, -0.1) is 0 Å². The van der Waals surface area contributed by atoms with Crippen molar-refractivity contribution in [3.63, 3.8) is 0 Å². The SMILES string of the molecule is CNC(C)(C)Cc1ccc(OC)cc1NC(=O)OC(C)(C)C. The number of rotatable bonds is 5. The van der Waals surface area contributed by atoms with Crippen LogP contribution in [0, 0.1) is 0 Å². The van der Waals surface area contributed by atoms with Crippen molar-refractivity contribution >= 4 is 11.8 Å². The topological polar surface area (TPSA) is 59.6 Å². The highest BCUT2D eigenvalue weighted by Gasteiger charge is 2.21.